The Labute approximate surface area is 165 Å². The van der Waals surface area contributed by atoms with Gasteiger partial charge in [-0.3, -0.25) is 0 Å². The second kappa shape index (κ2) is 9.09. The van der Waals surface area contributed by atoms with E-state index in [1.54, 1.807) is 6.92 Å². The van der Waals surface area contributed by atoms with Crippen LogP contribution in [0.1, 0.15) is 25.5 Å². The van der Waals surface area contributed by atoms with Gasteiger partial charge in [-0.15, -0.1) is 0 Å². The summed E-state index contributed by atoms with van der Waals surface area (Å²) < 4.78 is 17.4. The molecule has 0 aromatic heterocycles. The molecule has 0 aliphatic carbocycles. The van der Waals surface area contributed by atoms with Gasteiger partial charge in [0.2, 0.25) is 0 Å². The second-order valence-electron chi connectivity index (χ2n) is 6.44. The normalized spacial score (nSPS) is 11.6. The molecule has 0 saturated carbocycles. The number of esters is 1. The predicted molar refractivity (Wildman–Crippen MR) is 111 cm³/mol. The summed E-state index contributed by atoms with van der Waals surface area (Å²) >= 11 is 0. The van der Waals surface area contributed by atoms with Crippen LogP contribution in [0.4, 0.5) is 0 Å². The molecule has 0 saturated heterocycles. The fourth-order valence-corrected chi connectivity index (χ4v) is 2.91. The van der Waals surface area contributed by atoms with Crippen LogP contribution in [-0.2, 0) is 9.53 Å². The van der Waals surface area contributed by atoms with Crippen LogP contribution in [0.5, 0.6) is 11.5 Å². The smallest absolute Gasteiger partial charge is 0.333 e. The molecule has 3 rings (SSSR count). The molecule has 0 N–H and O–H groups in total. The Hall–Kier alpha value is -3.27. The average Bonchev–Trinajstić information content (AvgIpc) is 2.72. The summed E-state index contributed by atoms with van der Waals surface area (Å²) in [6.45, 7) is 8.04. The van der Waals surface area contributed by atoms with Gasteiger partial charge in [-0.05, 0) is 31.5 Å². The molecule has 4 heteroatoms. The number of hydrogen-bond donors (Lipinski definition) is 0. The van der Waals surface area contributed by atoms with Crippen molar-refractivity contribution >= 4 is 16.7 Å². The minimum Gasteiger partial charge on any atom is -0.493 e. The van der Waals surface area contributed by atoms with Crippen molar-refractivity contribution in [2.24, 2.45) is 0 Å². The lowest BCUT2D eigenvalue weighted by Gasteiger charge is -2.20. The average molecular weight is 376 g/mol. The predicted octanol–water partition coefficient (Wildman–Crippen LogP) is 5.48. The summed E-state index contributed by atoms with van der Waals surface area (Å²) in [6.07, 6.45) is -0.532. The lowest BCUT2D eigenvalue weighted by atomic mass is 10.1. The Bertz CT molecular complexity index is 963. The molecule has 4 nitrogen and oxygen atoms in total. The molecule has 1 atom stereocenters. The molecular weight excluding hydrogens is 352 g/mol. The third-order valence-electron chi connectivity index (χ3n) is 4.30. The quantitative estimate of drug-likeness (QED) is 0.386. The van der Waals surface area contributed by atoms with Crippen molar-refractivity contribution in [2.75, 3.05) is 13.2 Å². The first-order valence-electron chi connectivity index (χ1n) is 9.29. The third-order valence-corrected chi connectivity index (χ3v) is 4.30. The highest BCUT2D eigenvalue weighted by molar-refractivity contribution is 5.93. The standard InChI is InChI=1S/C24H24O4/c1-4-26-21-14-15-22(20-13-9-8-12-19(20)21)27-16-23(28-24(25)17(2)3)18-10-6-5-7-11-18/h5-15,23H,2,4,16H2,1,3H3. The van der Waals surface area contributed by atoms with E-state index < -0.39 is 12.1 Å². The van der Waals surface area contributed by atoms with Crippen LogP contribution in [0.15, 0.2) is 78.9 Å². The number of carbonyl (C=O) groups is 1. The van der Waals surface area contributed by atoms with Gasteiger partial charge in [0.1, 0.15) is 18.1 Å². The Morgan fingerprint density at radius 1 is 0.893 bits per heavy atom. The summed E-state index contributed by atoms with van der Waals surface area (Å²) in [5.41, 5.74) is 1.22. The number of carbonyl (C=O) groups excluding carboxylic acids is 1. The zero-order chi connectivity index (χ0) is 19.9. The SMILES string of the molecule is C=C(C)C(=O)OC(COc1ccc(OCC)c2ccccc12)c1ccccc1. The van der Waals surface area contributed by atoms with Crippen molar-refractivity contribution in [1.29, 1.82) is 0 Å². The number of hydrogen-bond acceptors (Lipinski definition) is 4. The molecule has 0 amide bonds. The Kier molecular flexibility index (Phi) is 6.33. The third kappa shape index (κ3) is 4.52. The van der Waals surface area contributed by atoms with Gasteiger partial charge in [-0.2, -0.15) is 0 Å². The maximum absolute atomic E-state index is 12.1. The van der Waals surface area contributed by atoms with Crippen LogP contribution in [-0.4, -0.2) is 19.2 Å². The van der Waals surface area contributed by atoms with Gasteiger partial charge < -0.3 is 14.2 Å². The first kappa shape index (κ1) is 19.5. The minimum absolute atomic E-state index is 0.195. The van der Waals surface area contributed by atoms with Gasteiger partial charge in [-0.25, -0.2) is 4.79 Å². The maximum atomic E-state index is 12.1. The molecule has 0 radical (unpaired) electrons. The molecule has 0 heterocycles. The van der Waals surface area contributed by atoms with Crippen molar-refractivity contribution in [3.05, 3.63) is 84.4 Å². The van der Waals surface area contributed by atoms with Crippen LogP contribution >= 0.6 is 0 Å². The second-order valence-corrected chi connectivity index (χ2v) is 6.44. The molecule has 0 fully saturated rings. The summed E-state index contributed by atoms with van der Waals surface area (Å²) in [6, 6.07) is 21.3. The number of ether oxygens (including phenoxy) is 3. The monoisotopic (exact) mass is 376 g/mol. The van der Waals surface area contributed by atoms with Crippen LogP contribution in [0.3, 0.4) is 0 Å². The van der Waals surface area contributed by atoms with Crippen molar-refractivity contribution in [3.63, 3.8) is 0 Å². The highest BCUT2D eigenvalue weighted by Crippen LogP contribution is 2.34. The highest BCUT2D eigenvalue weighted by Gasteiger charge is 2.19. The molecule has 0 spiro atoms. The zero-order valence-electron chi connectivity index (χ0n) is 16.2. The lowest BCUT2D eigenvalue weighted by Crippen LogP contribution is -2.18. The fraction of sp³-hybridized carbons (Fsp3) is 0.208. The van der Waals surface area contributed by atoms with Gasteiger partial charge in [0.25, 0.3) is 0 Å². The zero-order valence-corrected chi connectivity index (χ0v) is 16.2. The lowest BCUT2D eigenvalue weighted by molar-refractivity contribution is -0.146. The number of fused-ring (bicyclic) bond motifs is 1. The Morgan fingerprint density at radius 3 is 2.04 bits per heavy atom. The van der Waals surface area contributed by atoms with E-state index in [4.69, 9.17) is 14.2 Å². The van der Waals surface area contributed by atoms with Gasteiger partial charge >= 0.3 is 5.97 Å². The van der Waals surface area contributed by atoms with Crippen molar-refractivity contribution in [3.8, 4) is 11.5 Å². The summed E-state index contributed by atoms with van der Waals surface area (Å²) in [7, 11) is 0. The first-order valence-corrected chi connectivity index (χ1v) is 9.29. The first-order chi connectivity index (χ1) is 13.6. The van der Waals surface area contributed by atoms with Crippen LogP contribution in [0, 0.1) is 0 Å². The summed E-state index contributed by atoms with van der Waals surface area (Å²) in [5.74, 6) is 1.10. The Morgan fingerprint density at radius 2 is 1.46 bits per heavy atom. The van der Waals surface area contributed by atoms with Crippen molar-refractivity contribution < 1.29 is 19.0 Å². The summed E-state index contributed by atoms with van der Waals surface area (Å²) in [4.78, 5) is 12.1. The topological polar surface area (TPSA) is 44.8 Å². The fourth-order valence-electron chi connectivity index (χ4n) is 2.91. The summed E-state index contributed by atoms with van der Waals surface area (Å²) in [5, 5.41) is 1.93. The molecule has 0 bridgehead atoms. The van der Waals surface area contributed by atoms with Gasteiger partial charge in [0, 0.05) is 16.3 Å². The molecule has 28 heavy (non-hydrogen) atoms. The molecule has 3 aromatic rings. The molecule has 144 valence electrons. The number of benzene rings is 3. The molecule has 1 unspecified atom stereocenters. The van der Waals surface area contributed by atoms with Crippen LogP contribution in [0.25, 0.3) is 10.8 Å². The van der Waals surface area contributed by atoms with E-state index in [1.807, 2.05) is 73.7 Å². The molecule has 0 aliphatic rings. The van der Waals surface area contributed by atoms with Gasteiger partial charge in [0.05, 0.1) is 6.61 Å². The maximum Gasteiger partial charge on any atom is 0.333 e. The van der Waals surface area contributed by atoms with Crippen molar-refractivity contribution in [1.82, 2.24) is 0 Å². The largest absolute Gasteiger partial charge is 0.493 e. The van der Waals surface area contributed by atoms with E-state index >= 15 is 0 Å². The van der Waals surface area contributed by atoms with Crippen molar-refractivity contribution in [2.45, 2.75) is 20.0 Å². The van der Waals surface area contributed by atoms with E-state index in [0.717, 1.165) is 22.1 Å². The van der Waals surface area contributed by atoms with Crippen LogP contribution in [0.2, 0.25) is 0 Å². The molecular formula is C24H24O4. The van der Waals surface area contributed by atoms with E-state index in [0.29, 0.717) is 17.9 Å². The minimum atomic E-state index is -0.532. The van der Waals surface area contributed by atoms with E-state index in [1.165, 1.54) is 0 Å². The van der Waals surface area contributed by atoms with E-state index in [-0.39, 0.29) is 6.61 Å². The Balaban J connectivity index is 1.86. The molecule has 3 aromatic carbocycles. The van der Waals surface area contributed by atoms with E-state index in [9.17, 15) is 4.79 Å². The molecule has 0 aliphatic heterocycles. The van der Waals surface area contributed by atoms with Crippen LogP contribution < -0.4 is 9.47 Å². The highest BCUT2D eigenvalue weighted by atomic mass is 16.6. The van der Waals surface area contributed by atoms with E-state index in [2.05, 4.69) is 6.58 Å². The number of rotatable bonds is 8. The van der Waals surface area contributed by atoms with Gasteiger partial charge in [-0.1, -0.05) is 61.2 Å². The van der Waals surface area contributed by atoms with Gasteiger partial charge in [0.15, 0.2) is 6.10 Å².